The summed E-state index contributed by atoms with van der Waals surface area (Å²) < 4.78 is 5.50. The smallest absolute Gasteiger partial charge is 0.319 e. The summed E-state index contributed by atoms with van der Waals surface area (Å²) in [4.78, 5) is 36.4. The Morgan fingerprint density at radius 3 is 2.64 bits per heavy atom. The number of halogens is 1. The highest BCUT2D eigenvalue weighted by molar-refractivity contribution is 8.14. The first-order valence-electron chi connectivity index (χ1n) is 8.50. The van der Waals surface area contributed by atoms with Crippen LogP contribution in [0.3, 0.4) is 0 Å². The fraction of sp³-hybridized carbons (Fsp3) is 0.211. The molecule has 0 radical (unpaired) electrons. The molecule has 1 aliphatic rings. The molecule has 0 aromatic heterocycles. The highest BCUT2D eigenvalue weighted by Gasteiger charge is 2.29. The molecule has 2 aromatic carbocycles. The van der Waals surface area contributed by atoms with Gasteiger partial charge in [-0.1, -0.05) is 41.6 Å². The van der Waals surface area contributed by atoms with Crippen LogP contribution in [-0.4, -0.2) is 41.0 Å². The molecule has 1 heterocycles. The lowest BCUT2D eigenvalue weighted by molar-refractivity contribution is -0.125. The number of hydrogen-bond donors (Lipinski definition) is 2. The van der Waals surface area contributed by atoms with E-state index >= 15 is 0 Å². The maximum Gasteiger partial charge on any atom is 0.319 e. The molecule has 1 fully saturated rings. The van der Waals surface area contributed by atoms with Crippen molar-refractivity contribution < 1.29 is 19.1 Å². The summed E-state index contributed by atoms with van der Waals surface area (Å²) in [6.45, 7) is 0.869. The van der Waals surface area contributed by atoms with Crippen molar-refractivity contribution in [2.75, 3.05) is 24.2 Å². The molecule has 2 aromatic rings. The predicted octanol–water partition coefficient (Wildman–Crippen LogP) is 3.74. The molecular formula is C19H18ClN3O4S. The number of thioether (sulfide) groups is 1. The molecule has 0 spiro atoms. The van der Waals surface area contributed by atoms with E-state index in [2.05, 4.69) is 10.6 Å². The van der Waals surface area contributed by atoms with Crippen molar-refractivity contribution in [3.8, 4) is 5.75 Å². The quantitative estimate of drug-likeness (QED) is 0.667. The zero-order valence-electron chi connectivity index (χ0n) is 14.8. The predicted molar refractivity (Wildman–Crippen MR) is 109 cm³/mol. The Morgan fingerprint density at radius 1 is 1.18 bits per heavy atom. The van der Waals surface area contributed by atoms with Crippen molar-refractivity contribution in [2.45, 2.75) is 6.54 Å². The number of urea groups is 1. The molecule has 7 nitrogen and oxygen atoms in total. The van der Waals surface area contributed by atoms with Crippen LogP contribution in [0.1, 0.15) is 5.56 Å². The largest absolute Gasteiger partial charge is 0.492 e. The second kappa shape index (κ2) is 9.48. The summed E-state index contributed by atoms with van der Waals surface area (Å²) in [6.07, 6.45) is 0. The Hall–Kier alpha value is -2.71. The zero-order valence-corrected chi connectivity index (χ0v) is 16.4. The fourth-order valence-electron chi connectivity index (χ4n) is 2.48. The molecule has 0 saturated carbocycles. The third kappa shape index (κ3) is 5.64. The lowest BCUT2D eigenvalue weighted by Crippen LogP contribution is -2.32. The van der Waals surface area contributed by atoms with E-state index in [1.165, 1.54) is 4.90 Å². The van der Waals surface area contributed by atoms with Crippen LogP contribution in [-0.2, 0) is 11.3 Å². The lowest BCUT2D eigenvalue weighted by atomic mass is 10.2. The summed E-state index contributed by atoms with van der Waals surface area (Å²) in [5.74, 6) is 0.648. The van der Waals surface area contributed by atoms with Crippen LogP contribution in [0.25, 0.3) is 0 Å². The number of carbonyl (C=O) groups excluding carboxylic acids is 3. The third-order valence-electron chi connectivity index (χ3n) is 3.85. The SMILES string of the molecule is O=C(NCCOc1cccc(Cl)c1)Nc1ccc(CN2C(=O)CSC2=O)cc1. The van der Waals surface area contributed by atoms with E-state index in [1.807, 2.05) is 0 Å². The highest BCUT2D eigenvalue weighted by atomic mass is 35.5. The van der Waals surface area contributed by atoms with Crippen molar-refractivity contribution in [3.63, 3.8) is 0 Å². The maximum atomic E-state index is 11.9. The Balaban J connectivity index is 1.40. The molecule has 0 unspecified atom stereocenters. The average Bonchev–Trinajstić information content (AvgIpc) is 2.99. The lowest BCUT2D eigenvalue weighted by Gasteiger charge is -2.13. The molecule has 0 atom stereocenters. The molecule has 9 heteroatoms. The number of imide groups is 1. The first-order valence-corrected chi connectivity index (χ1v) is 9.87. The van der Waals surface area contributed by atoms with Gasteiger partial charge in [0.2, 0.25) is 5.91 Å². The van der Waals surface area contributed by atoms with Gasteiger partial charge in [0.1, 0.15) is 12.4 Å². The molecule has 146 valence electrons. The van der Waals surface area contributed by atoms with Gasteiger partial charge in [-0.05, 0) is 35.9 Å². The zero-order chi connectivity index (χ0) is 19.9. The summed E-state index contributed by atoms with van der Waals surface area (Å²) in [7, 11) is 0. The summed E-state index contributed by atoms with van der Waals surface area (Å²) in [6, 6.07) is 13.6. The van der Waals surface area contributed by atoms with Gasteiger partial charge in [0.25, 0.3) is 5.24 Å². The van der Waals surface area contributed by atoms with Crippen LogP contribution < -0.4 is 15.4 Å². The second-order valence-corrected chi connectivity index (χ2v) is 7.28. The number of benzene rings is 2. The van der Waals surface area contributed by atoms with Crippen LogP contribution in [0.15, 0.2) is 48.5 Å². The van der Waals surface area contributed by atoms with Crippen molar-refractivity contribution in [1.82, 2.24) is 10.2 Å². The number of nitrogens with zero attached hydrogens (tertiary/aromatic N) is 1. The fourth-order valence-corrected chi connectivity index (χ4v) is 3.38. The molecule has 3 rings (SSSR count). The van der Waals surface area contributed by atoms with Crippen molar-refractivity contribution in [2.24, 2.45) is 0 Å². The van der Waals surface area contributed by atoms with Crippen molar-refractivity contribution >= 4 is 46.2 Å². The first kappa shape index (κ1) is 20.0. The third-order valence-corrected chi connectivity index (χ3v) is 4.94. The minimum atomic E-state index is -0.358. The first-order chi connectivity index (χ1) is 13.5. The monoisotopic (exact) mass is 419 g/mol. The van der Waals surface area contributed by atoms with E-state index in [1.54, 1.807) is 48.5 Å². The second-order valence-electron chi connectivity index (χ2n) is 5.92. The molecule has 4 amide bonds. The number of hydrogen-bond acceptors (Lipinski definition) is 5. The molecule has 0 aliphatic carbocycles. The normalized spacial score (nSPS) is 13.5. The van der Waals surface area contributed by atoms with E-state index in [-0.39, 0.29) is 29.5 Å². The summed E-state index contributed by atoms with van der Waals surface area (Å²) in [5, 5.41) is 5.76. The van der Waals surface area contributed by atoms with Crippen LogP contribution in [0.4, 0.5) is 15.3 Å². The number of carbonyl (C=O) groups is 3. The standard InChI is InChI=1S/C19H18ClN3O4S/c20-14-2-1-3-16(10-14)27-9-8-21-18(25)22-15-6-4-13(5-7-15)11-23-17(24)12-28-19(23)26/h1-7,10H,8-9,11-12H2,(H2,21,22,25). The number of anilines is 1. The van der Waals surface area contributed by atoms with Gasteiger partial charge in [0.15, 0.2) is 0 Å². The molecule has 1 aliphatic heterocycles. The molecular weight excluding hydrogens is 402 g/mol. The van der Waals surface area contributed by atoms with Crippen LogP contribution >= 0.6 is 23.4 Å². The van der Waals surface area contributed by atoms with E-state index in [4.69, 9.17) is 16.3 Å². The number of rotatable bonds is 7. The van der Waals surface area contributed by atoms with Gasteiger partial charge < -0.3 is 15.4 Å². The Labute approximate surface area is 171 Å². The van der Waals surface area contributed by atoms with Crippen LogP contribution in [0.2, 0.25) is 5.02 Å². The average molecular weight is 420 g/mol. The van der Waals surface area contributed by atoms with Gasteiger partial charge >= 0.3 is 6.03 Å². The number of amides is 4. The van der Waals surface area contributed by atoms with E-state index in [0.717, 1.165) is 17.3 Å². The minimum absolute atomic E-state index is 0.184. The Morgan fingerprint density at radius 2 is 1.96 bits per heavy atom. The van der Waals surface area contributed by atoms with E-state index in [9.17, 15) is 14.4 Å². The number of nitrogens with one attached hydrogen (secondary N) is 2. The topological polar surface area (TPSA) is 87.7 Å². The molecule has 28 heavy (non-hydrogen) atoms. The van der Waals surface area contributed by atoms with Gasteiger partial charge in [-0.3, -0.25) is 14.5 Å². The van der Waals surface area contributed by atoms with Crippen molar-refractivity contribution in [1.29, 1.82) is 0 Å². The van der Waals surface area contributed by atoms with E-state index in [0.29, 0.717) is 29.6 Å². The Kier molecular flexibility index (Phi) is 6.78. The summed E-state index contributed by atoms with van der Waals surface area (Å²) >= 11 is 6.88. The van der Waals surface area contributed by atoms with Crippen LogP contribution in [0.5, 0.6) is 5.75 Å². The van der Waals surface area contributed by atoms with Gasteiger partial charge in [-0.15, -0.1) is 0 Å². The van der Waals surface area contributed by atoms with Crippen molar-refractivity contribution in [3.05, 3.63) is 59.1 Å². The molecule has 1 saturated heterocycles. The minimum Gasteiger partial charge on any atom is -0.492 e. The molecule has 2 N–H and O–H groups in total. The number of ether oxygens (including phenoxy) is 1. The molecule has 0 bridgehead atoms. The van der Waals surface area contributed by atoms with E-state index < -0.39 is 0 Å². The van der Waals surface area contributed by atoms with Gasteiger partial charge in [-0.25, -0.2) is 4.79 Å². The highest BCUT2D eigenvalue weighted by Crippen LogP contribution is 2.22. The Bertz CT molecular complexity index is 860. The van der Waals surface area contributed by atoms with Gasteiger partial charge in [-0.2, -0.15) is 0 Å². The summed E-state index contributed by atoms with van der Waals surface area (Å²) in [5.41, 5.74) is 1.41. The van der Waals surface area contributed by atoms with Gasteiger partial charge in [0.05, 0.1) is 18.8 Å². The maximum absolute atomic E-state index is 11.9. The van der Waals surface area contributed by atoms with Crippen LogP contribution in [0, 0.1) is 0 Å². The van der Waals surface area contributed by atoms with Gasteiger partial charge in [0, 0.05) is 10.7 Å².